The lowest BCUT2D eigenvalue weighted by atomic mass is 9.95. The van der Waals surface area contributed by atoms with Crippen molar-refractivity contribution < 1.29 is 0 Å². The summed E-state index contributed by atoms with van der Waals surface area (Å²) in [6.45, 7) is 4.08. The van der Waals surface area contributed by atoms with Gasteiger partial charge in [-0.25, -0.2) is 9.48 Å². The molecule has 0 radical (unpaired) electrons. The highest BCUT2D eigenvalue weighted by Crippen LogP contribution is 2.27. The van der Waals surface area contributed by atoms with Crippen molar-refractivity contribution in [2.45, 2.75) is 58.5 Å². The van der Waals surface area contributed by atoms with Gasteiger partial charge in [0.05, 0.1) is 0 Å². The number of aryl methyl sites for hydroxylation is 1. The minimum atomic E-state index is -0.00264. The van der Waals surface area contributed by atoms with E-state index in [2.05, 4.69) is 16.9 Å². The maximum absolute atomic E-state index is 12.2. The summed E-state index contributed by atoms with van der Waals surface area (Å²) in [5.41, 5.74) is -0.00264. The number of hydrogen-bond donors (Lipinski definition) is 0. The van der Waals surface area contributed by atoms with Gasteiger partial charge >= 0.3 is 5.69 Å². The SMILES string of the molecule is CC#CCn1nc(C)n(C2CCCCC2)c1=O. The predicted octanol–water partition coefficient (Wildman–Crippen LogP) is 1.88. The monoisotopic (exact) mass is 233 g/mol. The van der Waals surface area contributed by atoms with Gasteiger partial charge in [0.25, 0.3) is 0 Å². The summed E-state index contributed by atoms with van der Waals surface area (Å²) in [4.78, 5) is 12.2. The van der Waals surface area contributed by atoms with Crippen LogP contribution in [0.3, 0.4) is 0 Å². The van der Waals surface area contributed by atoms with Gasteiger partial charge in [0.1, 0.15) is 12.4 Å². The average Bonchev–Trinajstić information content (AvgIpc) is 2.63. The lowest BCUT2D eigenvalue weighted by Gasteiger charge is -2.22. The van der Waals surface area contributed by atoms with Gasteiger partial charge in [-0.15, -0.1) is 5.92 Å². The number of aromatic nitrogens is 3. The van der Waals surface area contributed by atoms with E-state index >= 15 is 0 Å². The molecule has 0 bridgehead atoms. The zero-order valence-electron chi connectivity index (χ0n) is 10.6. The van der Waals surface area contributed by atoms with E-state index in [4.69, 9.17) is 0 Å². The van der Waals surface area contributed by atoms with Gasteiger partial charge in [-0.3, -0.25) is 4.57 Å². The van der Waals surface area contributed by atoms with Crippen LogP contribution < -0.4 is 5.69 Å². The molecule has 1 fully saturated rings. The molecule has 2 rings (SSSR count). The Kier molecular flexibility index (Phi) is 3.68. The van der Waals surface area contributed by atoms with Crippen LogP contribution >= 0.6 is 0 Å². The van der Waals surface area contributed by atoms with Crippen LogP contribution in [0.1, 0.15) is 50.9 Å². The second kappa shape index (κ2) is 5.22. The summed E-state index contributed by atoms with van der Waals surface area (Å²) in [6.07, 6.45) is 5.94. The molecule has 1 aliphatic rings. The van der Waals surface area contributed by atoms with Crippen molar-refractivity contribution in [3.63, 3.8) is 0 Å². The van der Waals surface area contributed by atoms with E-state index in [0.29, 0.717) is 12.6 Å². The maximum atomic E-state index is 12.2. The molecule has 1 saturated carbocycles. The number of nitrogens with zero attached hydrogens (tertiary/aromatic N) is 3. The Balaban J connectivity index is 2.29. The third-order valence-electron chi connectivity index (χ3n) is 3.39. The molecule has 1 heterocycles. The zero-order chi connectivity index (χ0) is 12.3. The van der Waals surface area contributed by atoms with Crippen LogP contribution in [0.5, 0.6) is 0 Å². The first kappa shape index (κ1) is 12.0. The maximum Gasteiger partial charge on any atom is 0.347 e. The second-order valence-corrected chi connectivity index (χ2v) is 4.58. The average molecular weight is 233 g/mol. The number of rotatable bonds is 2. The molecule has 92 valence electrons. The molecule has 0 spiro atoms. The first-order valence-electron chi connectivity index (χ1n) is 6.29. The van der Waals surface area contributed by atoms with Crippen molar-refractivity contribution in [2.75, 3.05) is 0 Å². The van der Waals surface area contributed by atoms with Crippen LogP contribution in [0, 0.1) is 18.8 Å². The van der Waals surface area contributed by atoms with E-state index < -0.39 is 0 Å². The van der Waals surface area contributed by atoms with Gasteiger partial charge in [-0.1, -0.05) is 25.2 Å². The van der Waals surface area contributed by atoms with Crippen molar-refractivity contribution in [1.82, 2.24) is 14.3 Å². The third-order valence-corrected chi connectivity index (χ3v) is 3.39. The molecule has 0 aromatic carbocycles. The first-order chi connectivity index (χ1) is 8.24. The van der Waals surface area contributed by atoms with Crippen molar-refractivity contribution in [3.8, 4) is 11.8 Å². The standard InChI is InChI=1S/C13H19N3O/c1-3-4-10-15-13(17)16(11(2)14-15)12-8-6-5-7-9-12/h12H,5-10H2,1-2H3. The number of hydrogen-bond acceptors (Lipinski definition) is 2. The molecular weight excluding hydrogens is 214 g/mol. The minimum absolute atomic E-state index is 0.00264. The Bertz CT molecular complexity index is 495. The molecule has 4 nitrogen and oxygen atoms in total. The van der Waals surface area contributed by atoms with E-state index in [-0.39, 0.29) is 5.69 Å². The highest BCUT2D eigenvalue weighted by molar-refractivity contribution is 4.97. The molecule has 0 atom stereocenters. The summed E-state index contributed by atoms with van der Waals surface area (Å²) in [5.74, 6) is 6.50. The molecule has 0 N–H and O–H groups in total. The summed E-state index contributed by atoms with van der Waals surface area (Å²) < 4.78 is 3.33. The van der Waals surface area contributed by atoms with Crippen molar-refractivity contribution in [1.29, 1.82) is 0 Å². The smallest absolute Gasteiger partial charge is 0.276 e. The van der Waals surface area contributed by atoms with Crippen LogP contribution in [-0.4, -0.2) is 14.3 Å². The summed E-state index contributed by atoms with van der Waals surface area (Å²) >= 11 is 0. The molecule has 0 saturated heterocycles. The second-order valence-electron chi connectivity index (χ2n) is 4.58. The van der Waals surface area contributed by atoms with Crippen LogP contribution in [0.2, 0.25) is 0 Å². The normalized spacial score (nSPS) is 16.6. The van der Waals surface area contributed by atoms with Crippen LogP contribution in [-0.2, 0) is 6.54 Å². The van der Waals surface area contributed by atoms with Gasteiger partial charge in [0.2, 0.25) is 0 Å². The quantitative estimate of drug-likeness (QED) is 0.732. The van der Waals surface area contributed by atoms with Crippen molar-refractivity contribution in [2.24, 2.45) is 0 Å². The summed E-state index contributed by atoms with van der Waals surface area (Å²) in [5, 5.41) is 4.29. The van der Waals surface area contributed by atoms with Gasteiger partial charge in [-0.2, -0.15) is 5.10 Å². The molecule has 1 aromatic heterocycles. The molecule has 0 amide bonds. The molecular formula is C13H19N3O. The Morgan fingerprint density at radius 2 is 2.06 bits per heavy atom. The van der Waals surface area contributed by atoms with E-state index in [0.717, 1.165) is 18.7 Å². The topological polar surface area (TPSA) is 39.8 Å². The highest BCUT2D eigenvalue weighted by atomic mass is 16.2. The van der Waals surface area contributed by atoms with Gasteiger partial charge < -0.3 is 0 Å². The largest absolute Gasteiger partial charge is 0.347 e. The van der Waals surface area contributed by atoms with E-state index in [1.54, 1.807) is 6.92 Å². The first-order valence-corrected chi connectivity index (χ1v) is 6.29. The Morgan fingerprint density at radius 1 is 1.35 bits per heavy atom. The van der Waals surface area contributed by atoms with Crippen molar-refractivity contribution >= 4 is 0 Å². The Morgan fingerprint density at radius 3 is 2.71 bits per heavy atom. The van der Waals surface area contributed by atoms with E-state index in [1.165, 1.54) is 23.9 Å². The van der Waals surface area contributed by atoms with Gasteiger partial charge in [0, 0.05) is 6.04 Å². The molecule has 1 aliphatic carbocycles. The van der Waals surface area contributed by atoms with Crippen LogP contribution in [0.25, 0.3) is 0 Å². The predicted molar refractivity (Wildman–Crippen MR) is 66.8 cm³/mol. The lowest BCUT2D eigenvalue weighted by Crippen LogP contribution is -2.29. The van der Waals surface area contributed by atoms with Crippen molar-refractivity contribution in [3.05, 3.63) is 16.3 Å². The Labute approximate surface area is 102 Å². The molecule has 0 unspecified atom stereocenters. The fraction of sp³-hybridized carbons (Fsp3) is 0.692. The zero-order valence-corrected chi connectivity index (χ0v) is 10.6. The molecule has 0 aliphatic heterocycles. The summed E-state index contributed by atoms with van der Waals surface area (Å²) in [7, 11) is 0. The highest BCUT2D eigenvalue weighted by Gasteiger charge is 2.20. The fourth-order valence-corrected chi connectivity index (χ4v) is 2.54. The third kappa shape index (κ3) is 2.44. The lowest BCUT2D eigenvalue weighted by molar-refractivity contribution is 0.340. The molecule has 1 aromatic rings. The molecule has 17 heavy (non-hydrogen) atoms. The van der Waals surface area contributed by atoms with Crippen LogP contribution in [0.4, 0.5) is 0 Å². The minimum Gasteiger partial charge on any atom is -0.276 e. The van der Waals surface area contributed by atoms with Crippen LogP contribution in [0.15, 0.2) is 4.79 Å². The Hall–Kier alpha value is -1.50. The van der Waals surface area contributed by atoms with Gasteiger partial charge in [-0.05, 0) is 26.7 Å². The summed E-state index contributed by atoms with van der Waals surface area (Å²) in [6, 6.07) is 0.347. The fourth-order valence-electron chi connectivity index (χ4n) is 2.54. The molecule has 4 heteroatoms. The van der Waals surface area contributed by atoms with Gasteiger partial charge in [0.15, 0.2) is 0 Å². The van der Waals surface area contributed by atoms with E-state index in [1.807, 2.05) is 11.5 Å². The van der Waals surface area contributed by atoms with E-state index in [9.17, 15) is 4.79 Å².